The molecule has 2 fully saturated rings. The maximum Gasteiger partial charge on any atom is 0.136 e. The summed E-state index contributed by atoms with van der Waals surface area (Å²) in [7, 11) is 0. The predicted molar refractivity (Wildman–Crippen MR) is 139 cm³/mol. The molecule has 0 bridgehead atoms. The first-order valence-corrected chi connectivity index (χ1v) is 13.0. The monoisotopic (exact) mass is 456 g/mol. The van der Waals surface area contributed by atoms with Crippen LogP contribution in [0, 0.1) is 6.92 Å². The molecule has 2 saturated heterocycles. The molecular weight excluding hydrogens is 420 g/mol. The summed E-state index contributed by atoms with van der Waals surface area (Å²) in [5.41, 5.74) is 8.95. The van der Waals surface area contributed by atoms with Gasteiger partial charge in [-0.3, -0.25) is 0 Å². The number of aromatic amines is 1. The van der Waals surface area contributed by atoms with Crippen LogP contribution in [-0.2, 0) is 4.74 Å². The Hall–Kier alpha value is -2.63. The van der Waals surface area contributed by atoms with E-state index < -0.39 is 0 Å². The molecule has 2 aliphatic heterocycles. The highest BCUT2D eigenvalue weighted by Crippen LogP contribution is 2.39. The van der Waals surface area contributed by atoms with E-state index in [1.165, 1.54) is 77.6 Å². The van der Waals surface area contributed by atoms with E-state index in [-0.39, 0.29) is 0 Å². The Kier molecular flexibility index (Phi) is 5.70. The molecule has 0 atom stereocenters. The maximum absolute atomic E-state index is 5.58. The number of piperidine rings is 1. The molecule has 0 amide bonds. The van der Waals surface area contributed by atoms with Gasteiger partial charge in [0.15, 0.2) is 0 Å². The van der Waals surface area contributed by atoms with Gasteiger partial charge < -0.3 is 19.0 Å². The van der Waals surface area contributed by atoms with Gasteiger partial charge in [0.2, 0.25) is 0 Å². The molecular formula is C29H36N4O. The molecule has 4 aromatic rings. The number of aryl methyl sites for hydroxylation is 1. The van der Waals surface area contributed by atoms with E-state index in [0.717, 1.165) is 24.9 Å². The Morgan fingerprint density at radius 2 is 1.85 bits per heavy atom. The van der Waals surface area contributed by atoms with Crippen molar-refractivity contribution in [1.29, 1.82) is 0 Å². The number of aromatic nitrogens is 3. The van der Waals surface area contributed by atoms with Crippen LogP contribution in [-0.4, -0.2) is 51.6 Å². The second kappa shape index (κ2) is 8.86. The highest BCUT2D eigenvalue weighted by Gasteiger charge is 2.28. The summed E-state index contributed by atoms with van der Waals surface area (Å²) in [5, 5.41) is 1.39. The molecule has 1 N–H and O–H groups in total. The number of pyridine rings is 1. The third-order valence-electron chi connectivity index (χ3n) is 8.15. The second-order valence-electron chi connectivity index (χ2n) is 10.6. The summed E-state index contributed by atoms with van der Waals surface area (Å²) < 4.78 is 7.70. The molecule has 6 rings (SSSR count). The van der Waals surface area contributed by atoms with Crippen LogP contribution in [0.5, 0.6) is 0 Å². The first-order valence-electron chi connectivity index (χ1n) is 13.0. The van der Waals surface area contributed by atoms with E-state index in [1.54, 1.807) is 0 Å². The molecule has 2 aliphatic rings. The van der Waals surface area contributed by atoms with Crippen LogP contribution in [0.1, 0.15) is 68.1 Å². The average Bonchev–Trinajstić information content (AvgIpc) is 3.47. The van der Waals surface area contributed by atoms with Gasteiger partial charge in [-0.15, -0.1) is 0 Å². The minimum absolute atomic E-state index is 0.437. The van der Waals surface area contributed by atoms with Crippen LogP contribution in [0.3, 0.4) is 0 Å². The fourth-order valence-corrected chi connectivity index (χ4v) is 6.26. The summed E-state index contributed by atoms with van der Waals surface area (Å²) >= 11 is 0. The molecule has 1 aromatic carbocycles. The van der Waals surface area contributed by atoms with Crippen LogP contribution in [0.25, 0.3) is 27.8 Å². The van der Waals surface area contributed by atoms with Crippen LogP contribution in [0.2, 0.25) is 0 Å². The number of rotatable bonds is 4. The largest absolute Gasteiger partial charge is 0.381 e. The molecule has 5 heterocycles. The smallest absolute Gasteiger partial charge is 0.136 e. The van der Waals surface area contributed by atoms with Crippen molar-refractivity contribution in [3.05, 3.63) is 59.5 Å². The lowest BCUT2D eigenvalue weighted by molar-refractivity contribution is 0.0252. The molecule has 0 spiro atoms. The molecule has 0 aliphatic carbocycles. The van der Waals surface area contributed by atoms with Gasteiger partial charge in [-0.05, 0) is 92.4 Å². The number of benzene rings is 1. The summed E-state index contributed by atoms with van der Waals surface area (Å²) in [6, 6.07) is 10.1. The van der Waals surface area contributed by atoms with Crippen LogP contribution in [0.4, 0.5) is 0 Å². The zero-order valence-corrected chi connectivity index (χ0v) is 20.7. The van der Waals surface area contributed by atoms with E-state index >= 15 is 0 Å². The molecule has 5 nitrogen and oxygen atoms in total. The Morgan fingerprint density at radius 3 is 2.62 bits per heavy atom. The zero-order valence-electron chi connectivity index (χ0n) is 20.7. The SMILES string of the molecule is Cc1cc2nccn2cc1-c1[nH]c2ccc(C3CCN(C4CCOCC4)CC3)cc2c1C(C)C. The first-order chi connectivity index (χ1) is 16.6. The van der Waals surface area contributed by atoms with Crippen molar-refractivity contribution in [2.45, 2.75) is 64.3 Å². The number of H-pyrrole nitrogens is 1. The number of hydrogen-bond donors (Lipinski definition) is 1. The van der Waals surface area contributed by atoms with Gasteiger partial charge in [0.1, 0.15) is 5.65 Å². The van der Waals surface area contributed by atoms with E-state index in [2.05, 4.69) is 70.5 Å². The molecule has 0 unspecified atom stereocenters. The van der Waals surface area contributed by atoms with Gasteiger partial charge in [0, 0.05) is 54.3 Å². The van der Waals surface area contributed by atoms with E-state index in [9.17, 15) is 0 Å². The summed E-state index contributed by atoms with van der Waals surface area (Å²) in [6.07, 6.45) is 11.0. The minimum Gasteiger partial charge on any atom is -0.381 e. The van der Waals surface area contributed by atoms with Gasteiger partial charge in [0.05, 0.1) is 5.69 Å². The Balaban J connectivity index is 1.32. The zero-order chi connectivity index (χ0) is 23.2. The van der Waals surface area contributed by atoms with E-state index in [1.807, 2.05) is 12.4 Å². The predicted octanol–water partition coefficient (Wildman–Crippen LogP) is 6.27. The second-order valence-corrected chi connectivity index (χ2v) is 10.6. The Morgan fingerprint density at radius 1 is 1.06 bits per heavy atom. The van der Waals surface area contributed by atoms with Gasteiger partial charge in [-0.1, -0.05) is 19.9 Å². The standard InChI is InChI=1S/C29H36N4O/c1-19(2)28-24-17-22(21-6-11-32(12-7-21)23-8-14-34-15-9-23)4-5-26(24)31-29(28)25-18-33-13-10-30-27(33)16-20(25)3/h4-5,10,13,16-19,21,23,31H,6-9,11-12,14-15H2,1-3H3. The van der Waals surface area contributed by atoms with E-state index in [0.29, 0.717) is 11.8 Å². The lowest BCUT2D eigenvalue weighted by atomic mass is 9.86. The number of nitrogens with zero attached hydrogens (tertiary/aromatic N) is 3. The van der Waals surface area contributed by atoms with Crippen molar-refractivity contribution in [3.8, 4) is 11.3 Å². The molecule has 34 heavy (non-hydrogen) atoms. The number of likely N-dealkylation sites (tertiary alicyclic amines) is 1. The van der Waals surface area contributed by atoms with Crippen molar-refractivity contribution in [3.63, 3.8) is 0 Å². The summed E-state index contributed by atoms with van der Waals surface area (Å²) in [5.74, 6) is 1.09. The normalized spacial score (nSPS) is 19.1. The summed E-state index contributed by atoms with van der Waals surface area (Å²) in [6.45, 7) is 11.1. The number of fused-ring (bicyclic) bond motifs is 2. The van der Waals surface area contributed by atoms with Gasteiger partial charge in [-0.25, -0.2) is 4.98 Å². The molecule has 3 aromatic heterocycles. The lowest BCUT2D eigenvalue weighted by Crippen LogP contribution is -2.43. The highest BCUT2D eigenvalue weighted by atomic mass is 16.5. The topological polar surface area (TPSA) is 45.6 Å². The summed E-state index contributed by atoms with van der Waals surface area (Å²) in [4.78, 5) is 11.0. The van der Waals surface area contributed by atoms with Gasteiger partial charge >= 0.3 is 0 Å². The fraction of sp³-hybridized carbons (Fsp3) is 0.483. The van der Waals surface area contributed by atoms with Crippen molar-refractivity contribution in [2.75, 3.05) is 26.3 Å². The molecule has 5 heteroatoms. The van der Waals surface area contributed by atoms with Crippen LogP contribution < -0.4 is 0 Å². The van der Waals surface area contributed by atoms with Crippen molar-refractivity contribution < 1.29 is 4.74 Å². The molecule has 178 valence electrons. The quantitative estimate of drug-likeness (QED) is 0.393. The fourth-order valence-electron chi connectivity index (χ4n) is 6.26. The van der Waals surface area contributed by atoms with Crippen LogP contribution in [0.15, 0.2) is 42.9 Å². The lowest BCUT2D eigenvalue weighted by Gasteiger charge is -2.39. The number of imidazole rings is 1. The third-order valence-corrected chi connectivity index (χ3v) is 8.15. The highest BCUT2D eigenvalue weighted by molar-refractivity contribution is 5.92. The number of nitrogens with one attached hydrogen (secondary N) is 1. The first kappa shape index (κ1) is 21.9. The maximum atomic E-state index is 5.58. The number of hydrogen-bond acceptors (Lipinski definition) is 3. The van der Waals surface area contributed by atoms with Gasteiger partial charge in [-0.2, -0.15) is 0 Å². The number of ether oxygens (including phenoxy) is 1. The molecule has 0 saturated carbocycles. The van der Waals surface area contributed by atoms with Crippen molar-refractivity contribution >= 4 is 16.6 Å². The average molecular weight is 457 g/mol. The minimum atomic E-state index is 0.437. The van der Waals surface area contributed by atoms with Crippen LogP contribution >= 0.6 is 0 Å². The third kappa shape index (κ3) is 3.85. The van der Waals surface area contributed by atoms with Crippen molar-refractivity contribution in [1.82, 2.24) is 19.3 Å². The Bertz CT molecular complexity index is 1300. The van der Waals surface area contributed by atoms with Crippen molar-refractivity contribution in [2.24, 2.45) is 0 Å². The van der Waals surface area contributed by atoms with Gasteiger partial charge in [0.25, 0.3) is 0 Å². The molecule has 0 radical (unpaired) electrons. The van der Waals surface area contributed by atoms with E-state index in [4.69, 9.17) is 4.74 Å². The Labute approximate surface area is 202 Å².